The molecule has 51 heavy (non-hydrogen) atoms. The van der Waals surface area contributed by atoms with Crippen molar-refractivity contribution in [3.63, 3.8) is 0 Å². The van der Waals surface area contributed by atoms with Crippen molar-refractivity contribution in [3.8, 4) is 0 Å². The van der Waals surface area contributed by atoms with Gasteiger partial charge in [0.05, 0.1) is 25.2 Å². The van der Waals surface area contributed by atoms with Gasteiger partial charge in [0.25, 0.3) is 0 Å². The summed E-state index contributed by atoms with van der Waals surface area (Å²) in [6, 6.07) is 11.6. The van der Waals surface area contributed by atoms with Gasteiger partial charge in [-0.2, -0.15) is 0 Å². The standard InChI is InChI=1S/C49H94N.HI/c1-7-11-15-19-23-26-30-37-43-50(44-38-31-27-24-20-16-12-8-2,45-39-32-28-25-21-17-13-9-3)49(5,6)48(42-36-29-22-18-14-10-4)46-47-40-34-33-35-41-47;/h33-35,40-41,48H,7-32,36-39,42-46H2,1-6H3;1H/q+1;/p-1. The maximum absolute atomic E-state index is 2.76. The minimum atomic E-state index is 0. The molecule has 0 saturated heterocycles. The Hall–Kier alpha value is -0.0900. The van der Waals surface area contributed by atoms with E-state index in [0.717, 1.165) is 5.92 Å². The summed E-state index contributed by atoms with van der Waals surface area (Å²) >= 11 is 0. The fourth-order valence-electron chi connectivity index (χ4n) is 9.01. The lowest BCUT2D eigenvalue weighted by molar-refractivity contribution is -0.977. The van der Waals surface area contributed by atoms with Crippen molar-refractivity contribution in [3.05, 3.63) is 35.9 Å². The number of unbranched alkanes of at least 4 members (excludes halogenated alkanes) is 26. The third-order valence-corrected chi connectivity index (χ3v) is 12.8. The quantitative estimate of drug-likeness (QED) is 0.0354. The summed E-state index contributed by atoms with van der Waals surface area (Å²) in [5.41, 5.74) is 1.86. The predicted octanol–water partition coefficient (Wildman–Crippen LogP) is 13.6. The number of quaternary nitrogens is 1. The molecule has 2 heteroatoms. The second-order valence-corrected chi connectivity index (χ2v) is 17.3. The molecule has 0 N–H and O–H groups in total. The Morgan fingerprint density at radius 3 is 1.04 bits per heavy atom. The van der Waals surface area contributed by atoms with Crippen LogP contribution < -0.4 is 24.0 Å². The van der Waals surface area contributed by atoms with E-state index >= 15 is 0 Å². The van der Waals surface area contributed by atoms with E-state index in [2.05, 4.69) is 71.9 Å². The average Bonchev–Trinajstić information content (AvgIpc) is 3.12. The molecule has 1 aromatic carbocycles. The van der Waals surface area contributed by atoms with Gasteiger partial charge < -0.3 is 28.5 Å². The maximum Gasteiger partial charge on any atom is 0.0967 e. The Bertz CT molecular complexity index is 768. The zero-order chi connectivity index (χ0) is 36.4. The van der Waals surface area contributed by atoms with E-state index in [1.165, 1.54) is 230 Å². The van der Waals surface area contributed by atoms with E-state index in [1.807, 2.05) is 0 Å². The van der Waals surface area contributed by atoms with Gasteiger partial charge >= 0.3 is 0 Å². The van der Waals surface area contributed by atoms with E-state index in [0.29, 0.717) is 5.54 Å². The molecule has 0 aliphatic carbocycles. The van der Waals surface area contributed by atoms with Crippen molar-refractivity contribution in [2.75, 3.05) is 19.6 Å². The predicted molar refractivity (Wildman–Crippen MR) is 228 cm³/mol. The summed E-state index contributed by atoms with van der Waals surface area (Å²) < 4.78 is 1.39. The van der Waals surface area contributed by atoms with Crippen LogP contribution in [-0.4, -0.2) is 29.7 Å². The fraction of sp³-hybridized carbons (Fsp3) is 0.878. The van der Waals surface area contributed by atoms with Gasteiger partial charge in [0.1, 0.15) is 0 Å². The number of hydrogen-bond donors (Lipinski definition) is 0. The van der Waals surface area contributed by atoms with Gasteiger partial charge in [-0.15, -0.1) is 0 Å². The highest BCUT2D eigenvalue weighted by atomic mass is 127. The summed E-state index contributed by atoms with van der Waals surface area (Å²) in [7, 11) is 0. The number of benzene rings is 1. The van der Waals surface area contributed by atoms with Crippen LogP contribution in [0.3, 0.4) is 0 Å². The molecule has 1 nitrogen and oxygen atoms in total. The van der Waals surface area contributed by atoms with Crippen LogP contribution in [0.1, 0.15) is 246 Å². The molecule has 302 valence electrons. The van der Waals surface area contributed by atoms with Gasteiger partial charge in [0.2, 0.25) is 0 Å². The molecule has 0 radical (unpaired) electrons. The molecule has 1 rings (SSSR count). The van der Waals surface area contributed by atoms with Crippen LogP contribution in [0, 0.1) is 5.92 Å². The van der Waals surface area contributed by atoms with Crippen molar-refractivity contribution >= 4 is 0 Å². The third kappa shape index (κ3) is 24.8. The van der Waals surface area contributed by atoms with Gasteiger partial charge in [-0.05, 0) is 70.8 Å². The molecule has 0 aromatic heterocycles. The van der Waals surface area contributed by atoms with Crippen LogP contribution >= 0.6 is 0 Å². The molecule has 0 aliphatic rings. The monoisotopic (exact) mass is 824 g/mol. The minimum absolute atomic E-state index is 0. The SMILES string of the molecule is CCCCCCCCCC[N+](CCCCCCCCCC)(CCCCCCCCCC)C(C)(C)C(CCCCCCCC)Cc1ccccc1.[I-]. The molecule has 0 aliphatic heterocycles. The minimum Gasteiger partial charge on any atom is -1.00 e. The second-order valence-electron chi connectivity index (χ2n) is 17.3. The summed E-state index contributed by atoms with van der Waals surface area (Å²) in [6.45, 7) is 19.1. The van der Waals surface area contributed by atoms with Crippen molar-refractivity contribution in [2.45, 2.75) is 253 Å². The van der Waals surface area contributed by atoms with Crippen LogP contribution in [0.2, 0.25) is 0 Å². The van der Waals surface area contributed by atoms with Gasteiger partial charge in [0, 0.05) is 5.92 Å². The normalized spacial score (nSPS) is 12.7. The van der Waals surface area contributed by atoms with Crippen molar-refractivity contribution in [1.82, 2.24) is 0 Å². The summed E-state index contributed by atoms with van der Waals surface area (Å²) in [6.07, 6.45) is 45.5. The Kier molecular flexibility index (Phi) is 35.5. The molecular weight excluding hydrogens is 729 g/mol. The van der Waals surface area contributed by atoms with Crippen LogP contribution in [-0.2, 0) is 6.42 Å². The molecular formula is C49H94IN. The highest BCUT2D eigenvalue weighted by molar-refractivity contribution is 5.16. The Morgan fingerprint density at radius 1 is 0.412 bits per heavy atom. The van der Waals surface area contributed by atoms with Crippen molar-refractivity contribution in [1.29, 1.82) is 0 Å². The van der Waals surface area contributed by atoms with Crippen molar-refractivity contribution < 1.29 is 28.5 Å². The summed E-state index contributed by atoms with van der Waals surface area (Å²) in [4.78, 5) is 0. The lowest BCUT2D eigenvalue weighted by Gasteiger charge is -2.55. The maximum atomic E-state index is 2.76. The number of hydrogen-bond acceptors (Lipinski definition) is 0. The molecule has 1 aromatic rings. The smallest absolute Gasteiger partial charge is 0.0967 e. The van der Waals surface area contributed by atoms with E-state index in [-0.39, 0.29) is 24.0 Å². The number of rotatable bonds is 38. The van der Waals surface area contributed by atoms with Gasteiger partial charge in [-0.25, -0.2) is 0 Å². The fourth-order valence-corrected chi connectivity index (χ4v) is 9.01. The summed E-state index contributed by atoms with van der Waals surface area (Å²) in [5, 5.41) is 0. The molecule has 0 fully saturated rings. The molecule has 0 spiro atoms. The van der Waals surface area contributed by atoms with Crippen LogP contribution in [0.15, 0.2) is 30.3 Å². The van der Waals surface area contributed by atoms with Gasteiger partial charge in [-0.3, -0.25) is 0 Å². The van der Waals surface area contributed by atoms with Gasteiger partial charge in [0.15, 0.2) is 0 Å². The zero-order valence-electron chi connectivity index (χ0n) is 36.0. The molecule has 0 heterocycles. The summed E-state index contributed by atoms with van der Waals surface area (Å²) in [5.74, 6) is 0.744. The first-order chi connectivity index (χ1) is 24.5. The van der Waals surface area contributed by atoms with E-state index in [4.69, 9.17) is 0 Å². The highest BCUT2D eigenvalue weighted by Crippen LogP contribution is 2.39. The van der Waals surface area contributed by atoms with E-state index in [1.54, 1.807) is 5.56 Å². The Balaban J connectivity index is 0.0000250. The molecule has 0 amide bonds. The lowest BCUT2D eigenvalue weighted by atomic mass is 9.75. The number of nitrogens with zero attached hydrogens (tertiary/aromatic N) is 1. The molecule has 0 bridgehead atoms. The highest BCUT2D eigenvalue weighted by Gasteiger charge is 2.47. The van der Waals surface area contributed by atoms with E-state index < -0.39 is 0 Å². The lowest BCUT2D eigenvalue weighted by Crippen LogP contribution is -3.00. The topological polar surface area (TPSA) is 0 Å². The Labute approximate surface area is 340 Å². The van der Waals surface area contributed by atoms with Gasteiger partial charge in [-0.1, -0.05) is 212 Å². The molecule has 1 unspecified atom stereocenters. The first-order valence-electron chi connectivity index (χ1n) is 23.4. The third-order valence-electron chi connectivity index (χ3n) is 12.8. The zero-order valence-corrected chi connectivity index (χ0v) is 38.2. The average molecular weight is 824 g/mol. The van der Waals surface area contributed by atoms with Crippen LogP contribution in [0.4, 0.5) is 0 Å². The van der Waals surface area contributed by atoms with E-state index in [9.17, 15) is 0 Å². The first kappa shape index (κ1) is 50.9. The molecule has 1 atom stereocenters. The Morgan fingerprint density at radius 2 is 0.706 bits per heavy atom. The van der Waals surface area contributed by atoms with Crippen LogP contribution in [0.25, 0.3) is 0 Å². The molecule has 0 saturated carbocycles. The van der Waals surface area contributed by atoms with Crippen molar-refractivity contribution in [2.24, 2.45) is 5.92 Å². The van der Waals surface area contributed by atoms with Crippen LogP contribution in [0.5, 0.6) is 0 Å². The number of halogens is 1. The largest absolute Gasteiger partial charge is 1.00 e. The second kappa shape index (κ2) is 35.6. The first-order valence-corrected chi connectivity index (χ1v) is 23.4.